The molecule has 236 valence electrons. The van der Waals surface area contributed by atoms with Crippen molar-refractivity contribution in [1.82, 2.24) is 9.13 Å². The lowest BCUT2D eigenvalue weighted by atomic mass is 9.89. The molecule has 0 bridgehead atoms. The van der Waals surface area contributed by atoms with Crippen LogP contribution in [0.2, 0.25) is 0 Å². The Morgan fingerprint density at radius 2 is 0.745 bits per heavy atom. The van der Waals surface area contributed by atoms with Gasteiger partial charge in [0.2, 0.25) is 0 Å². The van der Waals surface area contributed by atoms with Gasteiger partial charge in [-0.1, -0.05) is 121 Å². The first kappa shape index (κ1) is 27.0. The summed E-state index contributed by atoms with van der Waals surface area (Å²) < 4.78 is 11.5. The van der Waals surface area contributed by atoms with E-state index in [9.17, 15) is 0 Å². The van der Waals surface area contributed by atoms with E-state index >= 15 is 0 Å². The Morgan fingerprint density at radius 3 is 1.35 bits per heavy atom. The number of para-hydroxylation sites is 4. The van der Waals surface area contributed by atoms with E-state index in [0.29, 0.717) is 0 Å². The van der Waals surface area contributed by atoms with Crippen molar-refractivity contribution in [3.63, 3.8) is 0 Å². The molecule has 0 saturated heterocycles. The Morgan fingerprint density at radius 1 is 0.294 bits per heavy atom. The summed E-state index contributed by atoms with van der Waals surface area (Å²) in [5.41, 5.74) is 8.75. The molecule has 0 fully saturated rings. The molecule has 0 atom stereocenters. The lowest BCUT2D eigenvalue weighted by Crippen LogP contribution is -1.99. The number of nitrogens with zero attached hydrogens (tertiary/aromatic N) is 2. The third-order valence-electron chi connectivity index (χ3n) is 11.0. The van der Waals surface area contributed by atoms with Gasteiger partial charge < -0.3 is 13.6 Å². The van der Waals surface area contributed by atoms with Gasteiger partial charge in [0.25, 0.3) is 0 Å². The zero-order chi connectivity index (χ0) is 33.2. The van der Waals surface area contributed by atoms with E-state index in [0.717, 1.165) is 33.3 Å². The molecule has 0 aliphatic heterocycles. The summed E-state index contributed by atoms with van der Waals surface area (Å²) in [5, 5.41) is 15.0. The molecule has 3 heterocycles. The quantitative estimate of drug-likeness (QED) is 0.171. The van der Waals surface area contributed by atoms with E-state index in [1.807, 2.05) is 6.07 Å². The summed E-state index contributed by atoms with van der Waals surface area (Å²) in [5.74, 6) is 0. The maximum atomic E-state index is 6.50. The Labute approximate surface area is 291 Å². The van der Waals surface area contributed by atoms with Crippen LogP contribution in [0.1, 0.15) is 0 Å². The number of rotatable bonds is 2. The molecule has 0 radical (unpaired) electrons. The lowest BCUT2D eigenvalue weighted by Gasteiger charge is -2.16. The van der Waals surface area contributed by atoms with Crippen molar-refractivity contribution in [3.8, 4) is 11.4 Å². The third-order valence-corrected chi connectivity index (χ3v) is 11.0. The van der Waals surface area contributed by atoms with Crippen LogP contribution in [0.5, 0.6) is 0 Å². The Balaban J connectivity index is 1.43. The predicted molar refractivity (Wildman–Crippen MR) is 215 cm³/mol. The van der Waals surface area contributed by atoms with Gasteiger partial charge in [0, 0.05) is 54.8 Å². The van der Waals surface area contributed by atoms with Crippen molar-refractivity contribution in [2.75, 3.05) is 0 Å². The number of benzene rings is 9. The molecule has 3 heteroatoms. The lowest BCUT2D eigenvalue weighted by molar-refractivity contribution is 0.668. The smallest absolute Gasteiger partial charge is 0.137 e. The first-order chi connectivity index (χ1) is 25.3. The first-order valence-corrected chi connectivity index (χ1v) is 17.5. The second-order valence-corrected chi connectivity index (χ2v) is 13.6. The highest BCUT2D eigenvalue weighted by atomic mass is 16.3. The molecule has 0 N–H and O–H groups in total. The maximum Gasteiger partial charge on any atom is 0.137 e. The largest absolute Gasteiger partial charge is 0.456 e. The Bertz CT molecular complexity index is 3410. The average molecular weight is 649 g/mol. The van der Waals surface area contributed by atoms with Crippen LogP contribution < -0.4 is 0 Å². The van der Waals surface area contributed by atoms with Gasteiger partial charge in [-0.3, -0.25) is 0 Å². The van der Waals surface area contributed by atoms with E-state index < -0.39 is 0 Å². The van der Waals surface area contributed by atoms with Crippen LogP contribution in [-0.2, 0) is 0 Å². The van der Waals surface area contributed by atoms with E-state index in [1.54, 1.807) is 0 Å². The van der Waals surface area contributed by atoms with Crippen molar-refractivity contribution in [3.05, 3.63) is 170 Å². The molecule has 0 unspecified atom stereocenters. The minimum Gasteiger partial charge on any atom is -0.456 e. The minimum atomic E-state index is 0.886. The molecule has 0 aliphatic carbocycles. The fourth-order valence-corrected chi connectivity index (χ4v) is 9.06. The minimum absolute atomic E-state index is 0.886. The van der Waals surface area contributed by atoms with Crippen LogP contribution in [0.25, 0.3) is 109 Å². The van der Waals surface area contributed by atoms with Crippen LogP contribution in [0.3, 0.4) is 0 Å². The van der Waals surface area contributed by atoms with Gasteiger partial charge in [0.15, 0.2) is 0 Å². The molecular weight excluding hydrogens is 621 g/mol. The Kier molecular flexibility index (Phi) is 5.23. The molecule has 0 aliphatic rings. The molecule has 0 saturated carbocycles. The summed E-state index contributed by atoms with van der Waals surface area (Å²) in [7, 11) is 0. The molecule has 12 rings (SSSR count). The summed E-state index contributed by atoms with van der Waals surface area (Å²) >= 11 is 0. The zero-order valence-electron chi connectivity index (χ0n) is 27.5. The molecular formula is C48H28N2O. The summed E-state index contributed by atoms with van der Waals surface area (Å²) in [6.45, 7) is 0. The van der Waals surface area contributed by atoms with Gasteiger partial charge in [-0.15, -0.1) is 0 Å². The molecule has 51 heavy (non-hydrogen) atoms. The monoisotopic (exact) mass is 648 g/mol. The van der Waals surface area contributed by atoms with E-state index in [4.69, 9.17) is 4.42 Å². The van der Waals surface area contributed by atoms with Crippen molar-refractivity contribution in [2.24, 2.45) is 0 Å². The fourth-order valence-electron chi connectivity index (χ4n) is 9.06. The number of hydrogen-bond donors (Lipinski definition) is 0. The van der Waals surface area contributed by atoms with Crippen molar-refractivity contribution < 1.29 is 4.42 Å². The van der Waals surface area contributed by atoms with Gasteiger partial charge in [0.1, 0.15) is 11.2 Å². The van der Waals surface area contributed by atoms with Crippen LogP contribution in [0, 0.1) is 0 Å². The van der Waals surface area contributed by atoms with Crippen molar-refractivity contribution in [2.45, 2.75) is 0 Å². The normalized spacial score (nSPS) is 12.3. The molecule has 0 amide bonds. The summed E-state index contributed by atoms with van der Waals surface area (Å²) in [6, 6.07) is 61.7. The molecule has 3 aromatic heterocycles. The number of hydrogen-bond acceptors (Lipinski definition) is 1. The average Bonchev–Trinajstić information content (AvgIpc) is 3.86. The van der Waals surface area contributed by atoms with Crippen LogP contribution in [0.4, 0.5) is 0 Å². The number of fused-ring (bicyclic) bond motifs is 18. The summed E-state index contributed by atoms with van der Waals surface area (Å²) in [4.78, 5) is 0. The Hall–Kier alpha value is -6.84. The fraction of sp³-hybridized carbons (Fsp3) is 0. The van der Waals surface area contributed by atoms with Crippen LogP contribution in [0.15, 0.2) is 174 Å². The highest BCUT2D eigenvalue weighted by Crippen LogP contribution is 2.51. The van der Waals surface area contributed by atoms with Gasteiger partial charge in [-0.25, -0.2) is 0 Å². The van der Waals surface area contributed by atoms with Crippen molar-refractivity contribution in [1.29, 1.82) is 0 Å². The summed E-state index contributed by atoms with van der Waals surface area (Å²) in [6.07, 6.45) is 0. The van der Waals surface area contributed by atoms with Gasteiger partial charge in [-0.2, -0.15) is 0 Å². The van der Waals surface area contributed by atoms with Gasteiger partial charge >= 0.3 is 0 Å². The second kappa shape index (κ2) is 9.87. The standard InChI is InChI=1S/C48H28N2O/c1-2-14-29(15-3-1)49-39-23-11-8-21-37(39)45-43-35-19-6-4-16-31(35)32-17-5-7-20-36(32)44(43)46-38-22-9-12-24-40(38)50(48(46)47(45)49)30-26-27-34-33-18-10-13-25-41(33)51-42(34)28-30/h1-28H. The highest BCUT2D eigenvalue weighted by Gasteiger charge is 2.27. The van der Waals surface area contributed by atoms with E-state index in [1.165, 1.54) is 75.9 Å². The van der Waals surface area contributed by atoms with E-state index in [2.05, 4.69) is 173 Å². The maximum absolute atomic E-state index is 6.50. The van der Waals surface area contributed by atoms with Crippen molar-refractivity contribution >= 4 is 97.9 Å². The van der Waals surface area contributed by atoms with Gasteiger partial charge in [0.05, 0.1) is 27.8 Å². The predicted octanol–water partition coefficient (Wildman–Crippen LogP) is 13.2. The van der Waals surface area contributed by atoms with Crippen LogP contribution in [-0.4, -0.2) is 9.13 Å². The molecule has 12 aromatic rings. The second-order valence-electron chi connectivity index (χ2n) is 13.6. The molecule has 3 nitrogen and oxygen atoms in total. The highest BCUT2D eigenvalue weighted by molar-refractivity contribution is 6.45. The third kappa shape index (κ3) is 3.47. The van der Waals surface area contributed by atoms with E-state index in [-0.39, 0.29) is 0 Å². The SMILES string of the molecule is c1ccc(-n2c3ccccc3c3c4c5ccccc5c5ccccc5c4c4c5ccccc5n(-c5ccc6c(c5)oc5ccccc56)c4c32)cc1. The zero-order valence-corrected chi connectivity index (χ0v) is 27.5. The number of aromatic nitrogens is 2. The molecule has 9 aromatic carbocycles. The number of furan rings is 1. The molecule has 0 spiro atoms. The van der Waals surface area contributed by atoms with Gasteiger partial charge in [-0.05, 0) is 64.0 Å². The first-order valence-electron chi connectivity index (χ1n) is 17.5. The topological polar surface area (TPSA) is 23.0 Å². The van der Waals surface area contributed by atoms with Crippen LogP contribution >= 0.6 is 0 Å².